The summed E-state index contributed by atoms with van der Waals surface area (Å²) >= 11 is 0. The summed E-state index contributed by atoms with van der Waals surface area (Å²) < 4.78 is 12.6. The normalized spacial score (nSPS) is 11.9. The molecule has 0 aliphatic carbocycles. The highest BCUT2D eigenvalue weighted by Gasteiger charge is 2.09. The molecule has 16 heavy (non-hydrogen) atoms. The van der Waals surface area contributed by atoms with Gasteiger partial charge in [0.15, 0.2) is 0 Å². The summed E-state index contributed by atoms with van der Waals surface area (Å²) in [6.45, 7) is 0.0727. The molecule has 86 valence electrons. The van der Waals surface area contributed by atoms with Crippen LogP contribution in [0, 0.1) is 15.5 Å². The van der Waals surface area contributed by atoms with E-state index >= 15 is 0 Å². The van der Waals surface area contributed by atoms with Gasteiger partial charge >= 0.3 is 0 Å². The Labute approximate surface area is 93.9 Å². The van der Waals surface area contributed by atoms with Crippen molar-refractivity contribution in [1.29, 1.82) is 5.41 Å². The maximum atomic E-state index is 12.6. The second-order valence-electron chi connectivity index (χ2n) is 3.07. The van der Waals surface area contributed by atoms with Crippen molar-refractivity contribution in [3.8, 4) is 0 Å². The average molecular weight is 243 g/mol. The van der Waals surface area contributed by atoms with Crippen LogP contribution in [0.25, 0.3) is 0 Å². The van der Waals surface area contributed by atoms with Crippen LogP contribution in [-0.2, 0) is 0 Å². The maximum absolute atomic E-state index is 12.6. The highest BCUT2D eigenvalue weighted by molar-refractivity contribution is 7.17. The molecule has 5 nitrogen and oxygen atoms in total. The molecule has 0 aliphatic rings. The predicted octanol–water partition coefficient (Wildman–Crippen LogP) is 2.18. The highest BCUT2D eigenvalue weighted by atomic mass is 31.0. The van der Waals surface area contributed by atoms with Gasteiger partial charge in [0.1, 0.15) is 5.91 Å². The molecule has 0 bridgehead atoms. The minimum atomic E-state index is -1.10. The molecular weight excluding hydrogens is 232 g/mol. The minimum absolute atomic E-state index is 0.0727. The molecule has 0 heterocycles. The van der Waals surface area contributed by atoms with Crippen LogP contribution in [0.15, 0.2) is 18.2 Å². The monoisotopic (exact) mass is 243 g/mol. The molecule has 0 amide bonds. The van der Waals surface area contributed by atoms with E-state index in [-0.39, 0.29) is 12.2 Å². The smallest absolute Gasteiger partial charge is 0.270 e. The number of nitrogens with zero attached hydrogens (tertiary/aromatic N) is 1. The Kier molecular flexibility index (Phi) is 4.31. The Hall–Kier alpha value is -1.55. The number of rotatable bonds is 5. The number of nitro benzene ring substituents is 1. The zero-order valence-corrected chi connectivity index (χ0v) is 9.47. The lowest BCUT2D eigenvalue weighted by atomic mass is 10.1. The standard InChI is InChI=1S/C9H11FN3O2P/c10-9(16)5-12-8-2-1-7(13(14)15)3-6(8)4-11/h1-4,9,11-12H,5,16H2. The van der Waals surface area contributed by atoms with E-state index in [0.29, 0.717) is 11.3 Å². The molecule has 1 rings (SSSR count). The van der Waals surface area contributed by atoms with Crippen LogP contribution < -0.4 is 5.32 Å². The van der Waals surface area contributed by atoms with Crippen molar-refractivity contribution in [3.63, 3.8) is 0 Å². The fraction of sp³-hybridized carbons (Fsp3) is 0.222. The molecular formula is C9H11FN3O2P. The van der Waals surface area contributed by atoms with E-state index in [4.69, 9.17) is 5.41 Å². The molecule has 7 heteroatoms. The van der Waals surface area contributed by atoms with E-state index in [0.717, 1.165) is 6.21 Å². The first kappa shape index (κ1) is 12.5. The van der Waals surface area contributed by atoms with Crippen molar-refractivity contribution < 1.29 is 9.31 Å². The van der Waals surface area contributed by atoms with Crippen molar-refractivity contribution in [3.05, 3.63) is 33.9 Å². The number of alkyl halides is 1. The Morgan fingerprint density at radius 3 is 2.88 bits per heavy atom. The van der Waals surface area contributed by atoms with Gasteiger partial charge in [0, 0.05) is 36.1 Å². The lowest BCUT2D eigenvalue weighted by Crippen LogP contribution is -2.10. The van der Waals surface area contributed by atoms with Crippen LogP contribution >= 0.6 is 9.24 Å². The Bertz CT molecular complexity index is 412. The van der Waals surface area contributed by atoms with E-state index in [1.807, 2.05) is 9.24 Å². The zero-order valence-electron chi connectivity index (χ0n) is 8.31. The Balaban J connectivity index is 2.93. The van der Waals surface area contributed by atoms with Gasteiger partial charge in [0.25, 0.3) is 5.69 Å². The van der Waals surface area contributed by atoms with Crippen molar-refractivity contribution in [2.75, 3.05) is 11.9 Å². The SMILES string of the molecule is N=Cc1cc([N+](=O)[O-])ccc1NCC(F)P. The van der Waals surface area contributed by atoms with Gasteiger partial charge in [-0.1, -0.05) is 9.24 Å². The molecule has 0 saturated heterocycles. The van der Waals surface area contributed by atoms with Crippen LogP contribution in [0.2, 0.25) is 0 Å². The van der Waals surface area contributed by atoms with Crippen LogP contribution in [0.1, 0.15) is 5.56 Å². The first-order valence-electron chi connectivity index (χ1n) is 4.47. The number of nitro groups is 1. The largest absolute Gasteiger partial charge is 0.381 e. The van der Waals surface area contributed by atoms with Gasteiger partial charge in [-0.3, -0.25) is 10.1 Å². The van der Waals surface area contributed by atoms with Gasteiger partial charge in [-0.2, -0.15) is 0 Å². The summed E-state index contributed by atoms with van der Waals surface area (Å²) in [6, 6.07) is 4.04. The topological polar surface area (TPSA) is 79.0 Å². The third-order valence-electron chi connectivity index (χ3n) is 1.89. The summed E-state index contributed by atoms with van der Waals surface area (Å²) in [5.74, 6) is -1.10. The molecule has 2 N–H and O–H groups in total. The summed E-state index contributed by atoms with van der Waals surface area (Å²) in [5.41, 5.74) is 0.775. The van der Waals surface area contributed by atoms with Crippen LogP contribution in [-0.4, -0.2) is 23.6 Å². The number of nitrogens with one attached hydrogen (secondary N) is 2. The third-order valence-corrected chi connectivity index (χ3v) is 2.12. The minimum Gasteiger partial charge on any atom is -0.381 e. The fourth-order valence-electron chi connectivity index (χ4n) is 1.15. The van der Waals surface area contributed by atoms with Crippen molar-refractivity contribution in [2.45, 2.75) is 5.91 Å². The van der Waals surface area contributed by atoms with E-state index < -0.39 is 10.8 Å². The number of hydrogen-bond acceptors (Lipinski definition) is 4. The van der Waals surface area contributed by atoms with Crippen LogP contribution in [0.4, 0.5) is 15.8 Å². The first-order chi connectivity index (χ1) is 7.54. The summed E-state index contributed by atoms with van der Waals surface area (Å²) in [4.78, 5) is 9.96. The van der Waals surface area contributed by atoms with Crippen molar-refractivity contribution >= 4 is 26.8 Å². The summed E-state index contributed by atoms with van der Waals surface area (Å²) in [5, 5.41) is 20.4. The van der Waals surface area contributed by atoms with Crippen LogP contribution in [0.3, 0.4) is 0 Å². The molecule has 0 radical (unpaired) electrons. The van der Waals surface area contributed by atoms with E-state index in [1.54, 1.807) is 0 Å². The number of anilines is 1. The summed E-state index contributed by atoms with van der Waals surface area (Å²) in [7, 11) is 1.99. The number of hydrogen-bond donors (Lipinski definition) is 2. The lowest BCUT2D eigenvalue weighted by Gasteiger charge is -2.09. The zero-order chi connectivity index (χ0) is 12.1. The number of halogens is 1. The fourth-order valence-corrected chi connectivity index (χ4v) is 1.27. The van der Waals surface area contributed by atoms with Gasteiger partial charge in [-0.05, 0) is 6.07 Å². The molecule has 0 fully saturated rings. The second kappa shape index (κ2) is 5.51. The molecule has 0 saturated carbocycles. The van der Waals surface area contributed by atoms with Gasteiger partial charge in [0.2, 0.25) is 0 Å². The van der Waals surface area contributed by atoms with Gasteiger partial charge in [-0.25, -0.2) is 4.39 Å². The number of non-ortho nitro benzene ring substituents is 1. The predicted molar refractivity (Wildman–Crippen MR) is 64.1 cm³/mol. The molecule has 1 aromatic carbocycles. The average Bonchev–Trinajstić information content (AvgIpc) is 2.25. The molecule has 0 spiro atoms. The van der Waals surface area contributed by atoms with Gasteiger partial charge < -0.3 is 10.7 Å². The maximum Gasteiger partial charge on any atom is 0.270 e. The lowest BCUT2D eigenvalue weighted by molar-refractivity contribution is -0.384. The molecule has 0 aromatic heterocycles. The molecule has 2 atom stereocenters. The summed E-state index contributed by atoms with van der Waals surface area (Å²) in [6.07, 6.45) is 0.991. The molecule has 2 unspecified atom stereocenters. The third kappa shape index (κ3) is 3.24. The first-order valence-corrected chi connectivity index (χ1v) is 5.13. The van der Waals surface area contributed by atoms with Gasteiger partial charge in [0.05, 0.1) is 4.92 Å². The highest BCUT2D eigenvalue weighted by Crippen LogP contribution is 2.21. The van der Waals surface area contributed by atoms with Gasteiger partial charge in [-0.15, -0.1) is 0 Å². The van der Waals surface area contributed by atoms with E-state index in [9.17, 15) is 14.5 Å². The number of benzene rings is 1. The molecule has 1 aromatic rings. The van der Waals surface area contributed by atoms with Crippen molar-refractivity contribution in [2.24, 2.45) is 0 Å². The van der Waals surface area contributed by atoms with E-state index in [1.165, 1.54) is 18.2 Å². The molecule has 0 aliphatic heterocycles. The Morgan fingerprint density at radius 1 is 1.69 bits per heavy atom. The van der Waals surface area contributed by atoms with E-state index in [2.05, 4.69) is 5.32 Å². The quantitative estimate of drug-likeness (QED) is 0.360. The van der Waals surface area contributed by atoms with Crippen LogP contribution in [0.5, 0.6) is 0 Å². The van der Waals surface area contributed by atoms with Crippen molar-refractivity contribution in [1.82, 2.24) is 0 Å². The Morgan fingerprint density at radius 2 is 2.38 bits per heavy atom. The second-order valence-corrected chi connectivity index (χ2v) is 3.79.